The monoisotopic (exact) mass is 354 g/mol. The highest BCUT2D eigenvalue weighted by molar-refractivity contribution is 7.89. The Balaban J connectivity index is 2.30. The Morgan fingerprint density at radius 1 is 1.33 bits per heavy atom. The molecule has 24 heavy (non-hydrogen) atoms. The molecule has 1 N–H and O–H groups in total. The maximum absolute atomic E-state index is 12.9. The molecule has 0 bridgehead atoms. The van der Waals surface area contributed by atoms with Crippen LogP contribution in [-0.4, -0.2) is 50.8 Å². The number of carbonyl (C=O) groups is 2. The number of methoxy groups -OCH3 is 1. The highest BCUT2D eigenvalue weighted by Gasteiger charge is 2.39. The first-order valence-corrected chi connectivity index (χ1v) is 9.29. The third-order valence-electron chi connectivity index (χ3n) is 3.94. The molecule has 8 heteroatoms. The molecule has 7 nitrogen and oxygen atoms in total. The van der Waals surface area contributed by atoms with Gasteiger partial charge in [0.05, 0.1) is 18.4 Å². The van der Waals surface area contributed by atoms with Gasteiger partial charge < -0.3 is 10.1 Å². The quantitative estimate of drug-likeness (QED) is 0.759. The van der Waals surface area contributed by atoms with E-state index in [1.807, 2.05) is 0 Å². The molecule has 1 amide bonds. The van der Waals surface area contributed by atoms with Gasteiger partial charge in [0.1, 0.15) is 6.04 Å². The Kier molecular flexibility index (Phi) is 5.95. The lowest BCUT2D eigenvalue weighted by Gasteiger charge is -2.33. The number of hydrogen-bond donors (Lipinski definition) is 1. The van der Waals surface area contributed by atoms with Gasteiger partial charge >= 0.3 is 5.97 Å². The summed E-state index contributed by atoms with van der Waals surface area (Å²) in [6, 6.07) is 5.54. The van der Waals surface area contributed by atoms with E-state index in [1.165, 1.54) is 7.11 Å². The van der Waals surface area contributed by atoms with Crippen molar-refractivity contribution in [3.8, 4) is 0 Å². The molecule has 1 heterocycles. The summed E-state index contributed by atoms with van der Waals surface area (Å²) >= 11 is 0. The Morgan fingerprint density at radius 2 is 2.00 bits per heavy atom. The summed E-state index contributed by atoms with van der Waals surface area (Å²) in [6.45, 7) is 2.38. The maximum Gasteiger partial charge on any atom is 0.307 e. The molecule has 132 valence electrons. The fourth-order valence-corrected chi connectivity index (χ4v) is 4.26. The zero-order valence-electron chi connectivity index (χ0n) is 13.8. The number of aryl methyl sites for hydroxylation is 1. The summed E-state index contributed by atoms with van der Waals surface area (Å²) in [5.74, 6) is -1.12. The molecule has 1 atom stereocenters. The molecule has 1 aliphatic rings. The van der Waals surface area contributed by atoms with Crippen LogP contribution in [0.5, 0.6) is 0 Å². The maximum atomic E-state index is 12.9. The van der Waals surface area contributed by atoms with E-state index in [9.17, 15) is 18.0 Å². The molecule has 0 radical (unpaired) electrons. The Bertz CT molecular complexity index is 700. The van der Waals surface area contributed by atoms with Crippen LogP contribution in [-0.2, 0) is 30.8 Å². The third-order valence-corrected chi connectivity index (χ3v) is 5.86. The lowest BCUT2D eigenvalue weighted by Crippen LogP contribution is -2.57. The van der Waals surface area contributed by atoms with Crippen LogP contribution in [0.4, 0.5) is 0 Å². The van der Waals surface area contributed by atoms with Crippen LogP contribution in [0.25, 0.3) is 0 Å². The van der Waals surface area contributed by atoms with Gasteiger partial charge in [0.15, 0.2) is 0 Å². The van der Waals surface area contributed by atoms with Gasteiger partial charge in [-0.25, -0.2) is 8.42 Å². The average Bonchev–Trinajstić information content (AvgIpc) is 2.57. The van der Waals surface area contributed by atoms with Gasteiger partial charge in [-0.15, -0.1) is 0 Å². The molecule has 1 aliphatic heterocycles. The molecule has 2 rings (SSSR count). The van der Waals surface area contributed by atoms with Gasteiger partial charge in [-0.3, -0.25) is 9.59 Å². The number of hydrogen-bond acceptors (Lipinski definition) is 5. The van der Waals surface area contributed by atoms with Crippen molar-refractivity contribution in [2.75, 3.05) is 20.2 Å². The second-order valence-electron chi connectivity index (χ2n) is 5.60. The molecule has 1 aromatic rings. The summed E-state index contributed by atoms with van der Waals surface area (Å²) in [6.07, 6.45) is 1.53. The van der Waals surface area contributed by atoms with Crippen molar-refractivity contribution < 1.29 is 22.7 Å². The largest absolute Gasteiger partial charge is 0.469 e. The Morgan fingerprint density at radius 3 is 2.58 bits per heavy atom. The predicted octanol–water partition coefficient (Wildman–Crippen LogP) is 0.691. The topological polar surface area (TPSA) is 92.8 Å². The van der Waals surface area contributed by atoms with Crippen LogP contribution in [0.3, 0.4) is 0 Å². The molecule has 0 aliphatic carbocycles. The lowest BCUT2D eigenvalue weighted by molar-refractivity contribution is -0.144. The minimum Gasteiger partial charge on any atom is -0.469 e. The Hall–Kier alpha value is -1.93. The first-order valence-electron chi connectivity index (χ1n) is 7.85. The number of sulfonamides is 1. The first-order chi connectivity index (χ1) is 11.4. The van der Waals surface area contributed by atoms with Gasteiger partial charge in [-0.1, -0.05) is 25.5 Å². The van der Waals surface area contributed by atoms with Crippen molar-refractivity contribution in [1.29, 1.82) is 0 Å². The van der Waals surface area contributed by atoms with E-state index in [0.29, 0.717) is 0 Å². The van der Waals surface area contributed by atoms with Gasteiger partial charge in [0.2, 0.25) is 15.9 Å². The normalized spacial score (nSPS) is 18.9. The van der Waals surface area contributed by atoms with Crippen molar-refractivity contribution in [2.24, 2.45) is 0 Å². The van der Waals surface area contributed by atoms with Crippen LogP contribution in [0, 0.1) is 0 Å². The highest BCUT2D eigenvalue weighted by Crippen LogP contribution is 2.22. The standard InChI is InChI=1S/C16H22N2O5S/c1-3-4-12-5-7-13(8-6-12)24(21,22)18-10-9-17-16(20)14(18)11-15(19)23-2/h5-8,14H,3-4,9-11H2,1-2H3,(H,17,20). The number of nitrogens with one attached hydrogen (secondary N) is 1. The Labute approximate surface area is 142 Å². The number of carbonyl (C=O) groups excluding carboxylic acids is 2. The van der Waals surface area contributed by atoms with E-state index in [4.69, 9.17) is 0 Å². The SMILES string of the molecule is CCCc1ccc(S(=O)(=O)N2CCNC(=O)C2CC(=O)OC)cc1. The number of ether oxygens (including phenoxy) is 1. The first kappa shape index (κ1) is 18.4. The number of esters is 1. The molecule has 1 unspecified atom stereocenters. The zero-order valence-corrected chi connectivity index (χ0v) is 14.6. The molecular formula is C16H22N2O5S. The molecular weight excluding hydrogens is 332 g/mol. The van der Waals surface area contributed by atoms with Crippen molar-refractivity contribution in [2.45, 2.75) is 37.1 Å². The van der Waals surface area contributed by atoms with Crippen LogP contribution in [0.2, 0.25) is 0 Å². The van der Waals surface area contributed by atoms with E-state index in [0.717, 1.165) is 22.7 Å². The number of amides is 1. The molecule has 0 spiro atoms. The molecule has 0 saturated carbocycles. The predicted molar refractivity (Wildman–Crippen MR) is 87.8 cm³/mol. The summed E-state index contributed by atoms with van der Waals surface area (Å²) in [7, 11) is -2.66. The van der Waals surface area contributed by atoms with Gasteiger partial charge in [-0.05, 0) is 24.1 Å². The summed E-state index contributed by atoms with van der Waals surface area (Å²) < 4.78 is 31.4. The van der Waals surface area contributed by atoms with E-state index < -0.39 is 27.9 Å². The molecule has 0 aromatic heterocycles. The molecule has 1 saturated heterocycles. The van der Waals surface area contributed by atoms with Gasteiger partial charge in [0.25, 0.3) is 0 Å². The molecule has 1 fully saturated rings. The minimum absolute atomic E-state index is 0.118. The molecule has 1 aromatic carbocycles. The number of piperazine rings is 1. The van der Waals surface area contributed by atoms with Crippen molar-refractivity contribution in [3.63, 3.8) is 0 Å². The summed E-state index contributed by atoms with van der Waals surface area (Å²) in [5.41, 5.74) is 1.05. The third kappa shape index (κ3) is 3.93. The van der Waals surface area contributed by atoms with E-state index >= 15 is 0 Å². The average molecular weight is 354 g/mol. The van der Waals surface area contributed by atoms with Crippen LogP contribution in [0.15, 0.2) is 29.2 Å². The smallest absolute Gasteiger partial charge is 0.307 e. The van der Waals surface area contributed by atoms with Crippen LogP contribution < -0.4 is 5.32 Å². The fourth-order valence-electron chi connectivity index (χ4n) is 2.67. The van der Waals surface area contributed by atoms with E-state index in [1.54, 1.807) is 24.3 Å². The lowest BCUT2D eigenvalue weighted by atomic mass is 10.1. The van der Waals surface area contributed by atoms with Crippen molar-refractivity contribution in [1.82, 2.24) is 9.62 Å². The fraction of sp³-hybridized carbons (Fsp3) is 0.500. The summed E-state index contributed by atoms with van der Waals surface area (Å²) in [5, 5.41) is 2.59. The van der Waals surface area contributed by atoms with E-state index in [-0.39, 0.29) is 24.4 Å². The van der Waals surface area contributed by atoms with Crippen LogP contribution in [0.1, 0.15) is 25.3 Å². The van der Waals surface area contributed by atoms with Crippen molar-refractivity contribution in [3.05, 3.63) is 29.8 Å². The zero-order chi connectivity index (χ0) is 17.7. The second-order valence-corrected chi connectivity index (χ2v) is 7.49. The number of rotatable bonds is 6. The van der Waals surface area contributed by atoms with Crippen LogP contribution >= 0.6 is 0 Å². The highest BCUT2D eigenvalue weighted by atomic mass is 32.2. The number of nitrogens with zero attached hydrogens (tertiary/aromatic N) is 1. The van der Waals surface area contributed by atoms with Gasteiger partial charge in [-0.2, -0.15) is 4.31 Å². The summed E-state index contributed by atoms with van der Waals surface area (Å²) in [4.78, 5) is 23.7. The van der Waals surface area contributed by atoms with Gasteiger partial charge in [0, 0.05) is 13.1 Å². The minimum atomic E-state index is -3.86. The van der Waals surface area contributed by atoms with E-state index in [2.05, 4.69) is 17.0 Å². The van der Waals surface area contributed by atoms with Crippen molar-refractivity contribution >= 4 is 21.9 Å². The number of benzene rings is 1. The second kappa shape index (κ2) is 7.76.